The fraction of sp³-hybridized carbons (Fsp3) is 1.00. The number of nitrogens with zero attached hydrogens (tertiary/aromatic N) is 2. The fourth-order valence-corrected chi connectivity index (χ4v) is 3.59. The van der Waals surface area contributed by atoms with Gasteiger partial charge in [-0.1, -0.05) is 20.3 Å². The van der Waals surface area contributed by atoms with E-state index in [2.05, 4.69) is 36.0 Å². The van der Waals surface area contributed by atoms with E-state index < -0.39 is 0 Å². The second-order valence-corrected chi connectivity index (χ2v) is 5.81. The van der Waals surface area contributed by atoms with E-state index in [1.165, 1.54) is 52.0 Å². The van der Waals surface area contributed by atoms with Crippen LogP contribution in [0.1, 0.15) is 33.1 Å². The maximum atomic E-state index is 3.59. The minimum atomic E-state index is 0.765. The van der Waals surface area contributed by atoms with E-state index in [1.54, 1.807) is 0 Å². The summed E-state index contributed by atoms with van der Waals surface area (Å²) in [6.07, 6.45) is 3.94. The first-order valence-corrected chi connectivity index (χ1v) is 7.41. The Balaban J connectivity index is 2.05. The Morgan fingerprint density at radius 3 is 2.65 bits per heavy atom. The number of hydrogen-bond acceptors (Lipinski definition) is 3. The van der Waals surface area contributed by atoms with Crippen molar-refractivity contribution in [1.29, 1.82) is 0 Å². The van der Waals surface area contributed by atoms with E-state index in [-0.39, 0.29) is 0 Å². The summed E-state index contributed by atoms with van der Waals surface area (Å²) in [5.74, 6) is 0.868. The van der Waals surface area contributed by atoms with Crippen LogP contribution in [0.15, 0.2) is 0 Å². The van der Waals surface area contributed by atoms with Gasteiger partial charge >= 0.3 is 0 Å². The van der Waals surface area contributed by atoms with E-state index in [0.717, 1.165) is 18.0 Å². The summed E-state index contributed by atoms with van der Waals surface area (Å²) in [4.78, 5) is 5.33. The first kappa shape index (κ1) is 13.3. The predicted octanol–water partition coefficient (Wildman–Crippen LogP) is 1.40. The van der Waals surface area contributed by atoms with E-state index in [1.807, 2.05) is 0 Å². The maximum absolute atomic E-state index is 3.59. The standard InChI is InChI=1S/C14H29N3/c1-4-12-9-15-10-14(12)17-8-6-7-16(3)11-13(17)5-2/h12-15H,4-11H2,1-3H3. The molecule has 2 heterocycles. The highest BCUT2D eigenvalue weighted by atomic mass is 15.3. The third-order valence-electron chi connectivity index (χ3n) is 4.67. The van der Waals surface area contributed by atoms with Gasteiger partial charge in [-0.05, 0) is 38.9 Å². The molecule has 3 nitrogen and oxygen atoms in total. The Morgan fingerprint density at radius 2 is 1.94 bits per heavy atom. The normalized spacial score (nSPS) is 37.2. The monoisotopic (exact) mass is 239 g/mol. The van der Waals surface area contributed by atoms with E-state index in [0.29, 0.717) is 0 Å². The van der Waals surface area contributed by atoms with Crippen LogP contribution < -0.4 is 5.32 Å². The number of nitrogens with one attached hydrogen (secondary N) is 1. The van der Waals surface area contributed by atoms with Crippen molar-refractivity contribution in [2.75, 3.05) is 39.8 Å². The van der Waals surface area contributed by atoms with Crippen LogP contribution in [0.3, 0.4) is 0 Å². The van der Waals surface area contributed by atoms with Gasteiger partial charge in [-0.2, -0.15) is 0 Å². The average Bonchev–Trinajstić information content (AvgIpc) is 2.72. The summed E-state index contributed by atoms with van der Waals surface area (Å²) in [5.41, 5.74) is 0. The van der Waals surface area contributed by atoms with Crippen molar-refractivity contribution in [3.05, 3.63) is 0 Å². The summed E-state index contributed by atoms with van der Waals surface area (Å²) in [6.45, 7) is 10.9. The molecule has 3 unspecified atom stereocenters. The Bertz CT molecular complexity index is 232. The van der Waals surface area contributed by atoms with E-state index in [9.17, 15) is 0 Å². The molecule has 0 saturated carbocycles. The molecule has 3 heteroatoms. The van der Waals surface area contributed by atoms with Gasteiger partial charge in [0.1, 0.15) is 0 Å². The van der Waals surface area contributed by atoms with Crippen LogP contribution in [0.5, 0.6) is 0 Å². The van der Waals surface area contributed by atoms with Gasteiger partial charge in [0.2, 0.25) is 0 Å². The van der Waals surface area contributed by atoms with Crippen molar-refractivity contribution >= 4 is 0 Å². The molecular formula is C14H29N3. The van der Waals surface area contributed by atoms with Crippen LogP contribution in [0.2, 0.25) is 0 Å². The van der Waals surface area contributed by atoms with Crippen molar-refractivity contribution in [1.82, 2.24) is 15.1 Å². The van der Waals surface area contributed by atoms with Crippen molar-refractivity contribution in [2.24, 2.45) is 5.92 Å². The number of hydrogen-bond donors (Lipinski definition) is 1. The molecule has 0 aromatic heterocycles. The molecule has 0 radical (unpaired) electrons. The second-order valence-electron chi connectivity index (χ2n) is 5.81. The van der Waals surface area contributed by atoms with Gasteiger partial charge in [-0.25, -0.2) is 0 Å². The lowest BCUT2D eigenvalue weighted by atomic mass is 9.97. The fourth-order valence-electron chi connectivity index (χ4n) is 3.59. The van der Waals surface area contributed by atoms with Gasteiger partial charge in [-0.15, -0.1) is 0 Å². The molecule has 0 aromatic rings. The van der Waals surface area contributed by atoms with Crippen LogP contribution >= 0.6 is 0 Å². The lowest BCUT2D eigenvalue weighted by Crippen LogP contribution is -2.49. The molecule has 2 aliphatic rings. The molecule has 2 fully saturated rings. The molecule has 2 saturated heterocycles. The molecule has 17 heavy (non-hydrogen) atoms. The van der Waals surface area contributed by atoms with E-state index >= 15 is 0 Å². The van der Waals surface area contributed by atoms with Crippen LogP contribution in [0.4, 0.5) is 0 Å². The zero-order valence-corrected chi connectivity index (χ0v) is 11.8. The third kappa shape index (κ3) is 3.01. The van der Waals surface area contributed by atoms with E-state index in [4.69, 9.17) is 0 Å². The Morgan fingerprint density at radius 1 is 1.12 bits per heavy atom. The summed E-state index contributed by atoms with van der Waals surface area (Å²) in [5, 5.41) is 3.59. The van der Waals surface area contributed by atoms with Gasteiger partial charge in [0, 0.05) is 31.7 Å². The number of rotatable bonds is 3. The van der Waals surface area contributed by atoms with Crippen LogP contribution in [0, 0.1) is 5.92 Å². The molecule has 0 aliphatic carbocycles. The van der Waals surface area contributed by atoms with Gasteiger partial charge in [0.25, 0.3) is 0 Å². The van der Waals surface area contributed by atoms with Gasteiger partial charge in [-0.3, -0.25) is 4.90 Å². The summed E-state index contributed by atoms with van der Waals surface area (Å²) in [6, 6.07) is 1.55. The lowest BCUT2D eigenvalue weighted by Gasteiger charge is -2.37. The SMILES string of the molecule is CCC1CNCC1N1CCCN(C)CC1CC. The quantitative estimate of drug-likeness (QED) is 0.803. The molecule has 0 aromatic carbocycles. The van der Waals surface area contributed by atoms with Crippen molar-refractivity contribution in [3.63, 3.8) is 0 Å². The smallest absolute Gasteiger partial charge is 0.0264 e. The number of likely N-dealkylation sites (N-methyl/N-ethyl adjacent to an activating group) is 1. The predicted molar refractivity (Wildman–Crippen MR) is 73.3 cm³/mol. The first-order chi connectivity index (χ1) is 8.26. The zero-order chi connectivity index (χ0) is 12.3. The Hall–Kier alpha value is -0.120. The molecule has 100 valence electrons. The van der Waals surface area contributed by atoms with Gasteiger partial charge in [0.05, 0.1) is 0 Å². The first-order valence-electron chi connectivity index (χ1n) is 7.41. The van der Waals surface area contributed by atoms with Gasteiger partial charge in [0.15, 0.2) is 0 Å². The van der Waals surface area contributed by atoms with Crippen LogP contribution in [-0.4, -0.2) is 61.7 Å². The second kappa shape index (κ2) is 6.17. The summed E-state index contributed by atoms with van der Waals surface area (Å²) >= 11 is 0. The Kier molecular flexibility index (Phi) is 4.83. The largest absolute Gasteiger partial charge is 0.315 e. The highest BCUT2D eigenvalue weighted by Gasteiger charge is 2.35. The average molecular weight is 239 g/mol. The highest BCUT2D eigenvalue weighted by molar-refractivity contribution is 4.92. The third-order valence-corrected chi connectivity index (χ3v) is 4.67. The molecule has 1 N–H and O–H groups in total. The van der Waals surface area contributed by atoms with Crippen molar-refractivity contribution in [3.8, 4) is 0 Å². The van der Waals surface area contributed by atoms with Crippen LogP contribution in [0.25, 0.3) is 0 Å². The molecule has 2 rings (SSSR count). The minimum Gasteiger partial charge on any atom is -0.315 e. The molecule has 0 bridgehead atoms. The minimum absolute atomic E-state index is 0.765. The van der Waals surface area contributed by atoms with Crippen molar-refractivity contribution < 1.29 is 0 Å². The zero-order valence-electron chi connectivity index (χ0n) is 11.8. The highest BCUT2D eigenvalue weighted by Crippen LogP contribution is 2.24. The Labute approximate surface area is 107 Å². The molecule has 0 amide bonds. The van der Waals surface area contributed by atoms with Crippen LogP contribution in [-0.2, 0) is 0 Å². The van der Waals surface area contributed by atoms with Crippen molar-refractivity contribution in [2.45, 2.75) is 45.2 Å². The molecular weight excluding hydrogens is 210 g/mol. The topological polar surface area (TPSA) is 18.5 Å². The summed E-state index contributed by atoms with van der Waals surface area (Å²) in [7, 11) is 2.27. The molecule has 3 atom stereocenters. The summed E-state index contributed by atoms with van der Waals surface area (Å²) < 4.78 is 0. The lowest BCUT2D eigenvalue weighted by molar-refractivity contribution is 0.110. The van der Waals surface area contributed by atoms with Gasteiger partial charge < -0.3 is 10.2 Å². The maximum Gasteiger partial charge on any atom is 0.0264 e. The molecule has 2 aliphatic heterocycles. The molecule has 0 spiro atoms.